The van der Waals surface area contributed by atoms with Crippen LogP contribution < -0.4 is 20.1 Å². The number of nitrogens with one attached hydrogen (secondary N) is 2. The first-order valence-electron chi connectivity index (χ1n) is 14.4. The summed E-state index contributed by atoms with van der Waals surface area (Å²) in [5.74, 6) is 0.535. The molecule has 0 bridgehead atoms. The van der Waals surface area contributed by atoms with E-state index < -0.39 is 6.04 Å². The molecule has 8 heteroatoms. The molecule has 3 amide bonds. The zero-order valence-electron chi connectivity index (χ0n) is 23.0. The van der Waals surface area contributed by atoms with Gasteiger partial charge in [-0.05, 0) is 68.4 Å². The molecular weight excluding hydrogens is 494 g/mol. The van der Waals surface area contributed by atoms with Crippen LogP contribution >= 0.6 is 0 Å². The van der Waals surface area contributed by atoms with Gasteiger partial charge in [0, 0.05) is 19.1 Å². The minimum atomic E-state index is -0.602. The molecule has 2 fully saturated rings. The summed E-state index contributed by atoms with van der Waals surface area (Å²) in [4.78, 5) is 41.4. The van der Waals surface area contributed by atoms with E-state index >= 15 is 0 Å². The molecule has 39 heavy (non-hydrogen) atoms. The molecule has 0 radical (unpaired) electrons. The Kier molecular flexibility index (Phi) is 10.6. The molecule has 4 rings (SSSR count). The van der Waals surface area contributed by atoms with Crippen molar-refractivity contribution >= 4 is 17.7 Å². The number of nitrogens with zero attached hydrogens (tertiary/aromatic N) is 1. The van der Waals surface area contributed by atoms with Crippen molar-refractivity contribution < 1.29 is 23.9 Å². The van der Waals surface area contributed by atoms with E-state index in [1.165, 1.54) is 6.42 Å². The molecule has 0 unspecified atom stereocenters. The van der Waals surface area contributed by atoms with Crippen LogP contribution in [-0.2, 0) is 16.1 Å². The van der Waals surface area contributed by atoms with Crippen molar-refractivity contribution in [1.29, 1.82) is 0 Å². The van der Waals surface area contributed by atoms with Crippen molar-refractivity contribution in [3.8, 4) is 11.5 Å². The van der Waals surface area contributed by atoms with Crippen LogP contribution in [0.4, 0.5) is 0 Å². The highest BCUT2D eigenvalue weighted by Gasteiger charge is 2.31. The molecule has 8 nitrogen and oxygen atoms in total. The Morgan fingerprint density at radius 1 is 0.974 bits per heavy atom. The summed E-state index contributed by atoms with van der Waals surface area (Å²) in [6, 6.07) is 14.2. The number of carbonyl (C=O) groups excluding carboxylic acids is 3. The van der Waals surface area contributed by atoms with Crippen molar-refractivity contribution in [2.45, 2.75) is 83.3 Å². The Hall–Kier alpha value is -3.55. The van der Waals surface area contributed by atoms with Gasteiger partial charge in [-0.2, -0.15) is 0 Å². The molecule has 1 heterocycles. The molecule has 0 spiro atoms. The predicted octanol–water partition coefficient (Wildman–Crippen LogP) is 4.61. The van der Waals surface area contributed by atoms with Crippen molar-refractivity contribution in [2.24, 2.45) is 0 Å². The van der Waals surface area contributed by atoms with Crippen molar-refractivity contribution in [3.05, 3.63) is 59.7 Å². The average molecular weight is 536 g/mol. The van der Waals surface area contributed by atoms with Crippen LogP contribution in [0.25, 0.3) is 0 Å². The summed E-state index contributed by atoms with van der Waals surface area (Å²) in [7, 11) is 0. The largest absolute Gasteiger partial charge is 0.493 e. The fourth-order valence-corrected chi connectivity index (χ4v) is 5.24. The van der Waals surface area contributed by atoms with Crippen LogP contribution in [0.15, 0.2) is 48.5 Å². The molecule has 2 aromatic carbocycles. The lowest BCUT2D eigenvalue weighted by atomic mass is 9.95. The van der Waals surface area contributed by atoms with Gasteiger partial charge >= 0.3 is 0 Å². The fourth-order valence-electron chi connectivity index (χ4n) is 5.24. The molecule has 1 saturated heterocycles. The highest BCUT2D eigenvalue weighted by Crippen LogP contribution is 2.25. The van der Waals surface area contributed by atoms with Gasteiger partial charge in [0.15, 0.2) is 6.61 Å². The molecule has 210 valence electrons. The lowest BCUT2D eigenvalue weighted by Crippen LogP contribution is -2.49. The van der Waals surface area contributed by atoms with Crippen LogP contribution in [-0.4, -0.2) is 54.5 Å². The fraction of sp³-hybridized carbons (Fsp3) is 0.516. The minimum absolute atomic E-state index is 0.154. The van der Waals surface area contributed by atoms with Gasteiger partial charge in [0.1, 0.15) is 17.5 Å². The van der Waals surface area contributed by atoms with Crippen LogP contribution in [0.3, 0.4) is 0 Å². The normalized spacial score (nSPS) is 18.0. The molecule has 1 aliphatic carbocycles. The highest BCUT2D eigenvalue weighted by molar-refractivity contribution is 5.97. The number of ether oxygens (including phenoxy) is 2. The summed E-state index contributed by atoms with van der Waals surface area (Å²) in [6.07, 6.45) is 8.53. The second-order valence-electron chi connectivity index (χ2n) is 10.4. The number of hydrogen-bond acceptors (Lipinski definition) is 5. The molecule has 2 N–H and O–H groups in total. The number of benzene rings is 2. The lowest BCUT2D eigenvalue weighted by Gasteiger charge is -2.30. The second kappa shape index (κ2) is 14.6. The van der Waals surface area contributed by atoms with Gasteiger partial charge < -0.3 is 25.0 Å². The van der Waals surface area contributed by atoms with E-state index in [4.69, 9.17) is 9.47 Å². The lowest BCUT2D eigenvalue weighted by molar-refractivity contribution is -0.142. The SMILES string of the molecule is CCCOc1ccc(CN(C(=O)COc2ccccc2)[C@H]2CCCCNC2=O)cc1C(=O)NC1CCCCC1. The molecule has 1 aliphatic heterocycles. The predicted molar refractivity (Wildman–Crippen MR) is 150 cm³/mol. The standard InChI is InChI=1S/C31H41N3O5/c1-2-19-38-28-17-16-23(20-26(28)30(36)33-24-11-5-3-6-12-24)21-34(27-15-9-10-18-32-31(27)37)29(35)22-39-25-13-7-4-8-14-25/h4,7-8,13-14,16-17,20,24,27H,2-3,5-6,9-12,15,18-19,21-22H2,1H3,(H,32,37)(H,33,36)/t27-/m0/s1. The monoisotopic (exact) mass is 535 g/mol. The molecule has 1 atom stereocenters. The van der Waals surface area contributed by atoms with Crippen LogP contribution in [0.2, 0.25) is 0 Å². The molecule has 2 aliphatic rings. The van der Waals surface area contributed by atoms with E-state index in [0.29, 0.717) is 36.6 Å². The number of carbonyl (C=O) groups is 3. The van der Waals surface area contributed by atoms with E-state index in [9.17, 15) is 14.4 Å². The Labute approximate surface area is 231 Å². The summed E-state index contributed by atoms with van der Waals surface area (Å²) in [5, 5.41) is 6.13. The maximum Gasteiger partial charge on any atom is 0.261 e. The summed E-state index contributed by atoms with van der Waals surface area (Å²) < 4.78 is 11.7. The van der Waals surface area contributed by atoms with E-state index in [2.05, 4.69) is 10.6 Å². The molecular formula is C31H41N3O5. The zero-order valence-corrected chi connectivity index (χ0v) is 23.0. The van der Waals surface area contributed by atoms with Crippen molar-refractivity contribution in [2.75, 3.05) is 19.8 Å². The maximum absolute atomic E-state index is 13.5. The molecule has 1 saturated carbocycles. The number of rotatable bonds is 11. The minimum Gasteiger partial charge on any atom is -0.493 e. The van der Waals surface area contributed by atoms with Crippen molar-refractivity contribution in [1.82, 2.24) is 15.5 Å². The van der Waals surface area contributed by atoms with E-state index in [1.807, 2.05) is 31.2 Å². The molecule has 0 aromatic heterocycles. The van der Waals surface area contributed by atoms with E-state index in [-0.39, 0.29) is 36.9 Å². The second-order valence-corrected chi connectivity index (χ2v) is 10.4. The van der Waals surface area contributed by atoms with E-state index in [0.717, 1.165) is 50.5 Å². The van der Waals surface area contributed by atoms with Gasteiger partial charge in [-0.25, -0.2) is 0 Å². The topological polar surface area (TPSA) is 97.0 Å². The van der Waals surface area contributed by atoms with Crippen LogP contribution in [0.1, 0.15) is 80.6 Å². The third kappa shape index (κ3) is 8.22. The molecule has 2 aromatic rings. The van der Waals surface area contributed by atoms with Crippen molar-refractivity contribution in [3.63, 3.8) is 0 Å². The number of amides is 3. The highest BCUT2D eigenvalue weighted by atomic mass is 16.5. The summed E-state index contributed by atoms with van der Waals surface area (Å²) in [6.45, 7) is 3.14. The zero-order chi connectivity index (χ0) is 27.5. The van der Waals surface area contributed by atoms with Crippen LogP contribution in [0, 0.1) is 0 Å². The first-order valence-corrected chi connectivity index (χ1v) is 14.4. The van der Waals surface area contributed by atoms with Crippen LogP contribution in [0.5, 0.6) is 11.5 Å². The van der Waals surface area contributed by atoms with Gasteiger partial charge in [0.05, 0.1) is 12.2 Å². The third-order valence-electron chi connectivity index (χ3n) is 7.35. The first-order chi connectivity index (χ1) is 19.0. The van der Waals surface area contributed by atoms with Gasteiger partial charge in [-0.3, -0.25) is 14.4 Å². The third-order valence-corrected chi connectivity index (χ3v) is 7.35. The smallest absolute Gasteiger partial charge is 0.261 e. The van der Waals surface area contributed by atoms with Gasteiger partial charge in [0.2, 0.25) is 5.91 Å². The summed E-state index contributed by atoms with van der Waals surface area (Å²) >= 11 is 0. The van der Waals surface area contributed by atoms with Gasteiger partial charge in [0.25, 0.3) is 11.8 Å². The number of para-hydroxylation sites is 1. The Bertz CT molecular complexity index is 1100. The summed E-state index contributed by atoms with van der Waals surface area (Å²) in [5.41, 5.74) is 1.22. The average Bonchev–Trinajstić information content (AvgIpc) is 3.18. The quantitative estimate of drug-likeness (QED) is 0.438. The van der Waals surface area contributed by atoms with E-state index in [1.54, 1.807) is 29.2 Å². The van der Waals surface area contributed by atoms with Gasteiger partial charge in [-0.1, -0.05) is 50.5 Å². The Balaban J connectivity index is 1.56. The van der Waals surface area contributed by atoms with Gasteiger partial charge in [-0.15, -0.1) is 0 Å². The Morgan fingerprint density at radius 2 is 1.74 bits per heavy atom. The maximum atomic E-state index is 13.5. The first kappa shape index (κ1) is 28.5. The Morgan fingerprint density at radius 3 is 2.51 bits per heavy atom. The number of hydrogen-bond donors (Lipinski definition) is 2.